The van der Waals surface area contributed by atoms with Gasteiger partial charge in [-0.3, -0.25) is 29.2 Å². The molecule has 6 bridgehead atoms. The second-order valence-electron chi connectivity index (χ2n) is 20.4. The van der Waals surface area contributed by atoms with E-state index in [4.69, 9.17) is 19.4 Å². The lowest BCUT2D eigenvalue weighted by atomic mass is 9.84. The number of hydrogen-bond donors (Lipinski definition) is 2. The zero-order valence-electron chi connectivity index (χ0n) is 41.5. The molecule has 19 heteroatoms. The second-order valence-corrected chi connectivity index (χ2v) is 23.6. The summed E-state index contributed by atoms with van der Waals surface area (Å²) in [6, 6.07) is 5.61. The summed E-state index contributed by atoms with van der Waals surface area (Å²) in [5.74, 6) is -2.67. The molecule has 5 atom stereocenters. The molecule has 0 saturated carbocycles. The van der Waals surface area contributed by atoms with Gasteiger partial charge in [0.1, 0.15) is 23.4 Å². The largest absolute Gasteiger partial charge is 0.464 e. The van der Waals surface area contributed by atoms with Crippen LogP contribution >= 0.6 is 11.3 Å². The summed E-state index contributed by atoms with van der Waals surface area (Å²) in [5, 5.41) is 6.72. The van der Waals surface area contributed by atoms with E-state index < -0.39 is 68.2 Å². The van der Waals surface area contributed by atoms with Gasteiger partial charge in [0, 0.05) is 92.7 Å². The molecule has 69 heavy (non-hydrogen) atoms. The van der Waals surface area contributed by atoms with Gasteiger partial charge < -0.3 is 34.1 Å². The topological polar surface area (TPSA) is 189 Å². The summed E-state index contributed by atoms with van der Waals surface area (Å²) in [7, 11) is 1.66. The predicted octanol–water partition coefficient (Wildman–Crippen LogP) is 5.01. The van der Waals surface area contributed by atoms with Crippen LogP contribution in [-0.4, -0.2) is 151 Å². The summed E-state index contributed by atoms with van der Waals surface area (Å²) < 4.78 is 40.1. The summed E-state index contributed by atoms with van der Waals surface area (Å²) in [4.78, 5) is 72.9. The van der Waals surface area contributed by atoms with E-state index in [-0.39, 0.29) is 37.9 Å². The fourth-order valence-electron chi connectivity index (χ4n) is 10.5. The summed E-state index contributed by atoms with van der Waals surface area (Å²) >= 11 is 1.38. The molecule has 3 aromatic heterocycles. The van der Waals surface area contributed by atoms with Gasteiger partial charge in [-0.15, -0.1) is 11.3 Å². The third-order valence-electron chi connectivity index (χ3n) is 14.4. The maximum absolute atomic E-state index is 14.6. The van der Waals surface area contributed by atoms with Crippen LogP contribution in [0, 0.1) is 11.3 Å². The number of aryl methyl sites for hydroxylation is 1. The first-order chi connectivity index (χ1) is 32.8. The average molecular weight is 988 g/mol. The van der Waals surface area contributed by atoms with Crippen molar-refractivity contribution in [2.45, 2.75) is 116 Å². The SMILES string of the molecule is CCn1c(-c2cc(N3CCN(C)CC3)cnc2[C@H](C)OC)c2c3cc(ccc31)-c1csc(n1)C[C@H](NC(=O)C(C(C)C)N(C)C(=O)[C@@H]1CCCS1(=O)=O)C(=O)N1CCC[C@H](N1)C(=O)OCC(C)(C)C2. The monoisotopic (exact) mass is 987 g/mol. The van der Waals surface area contributed by atoms with E-state index >= 15 is 0 Å². The number of rotatable bonds is 10. The first-order valence-electron chi connectivity index (χ1n) is 24.4. The number of sulfone groups is 1. The van der Waals surface area contributed by atoms with Crippen molar-refractivity contribution in [1.82, 2.24) is 40.1 Å². The zero-order valence-corrected chi connectivity index (χ0v) is 43.2. The third kappa shape index (κ3) is 10.4. The number of carbonyl (C=O) groups is 4. The molecule has 4 aromatic rings. The number of carbonyl (C=O) groups excluding carboxylic acids is 4. The van der Waals surface area contributed by atoms with Crippen molar-refractivity contribution in [3.8, 4) is 22.5 Å². The Bertz CT molecular complexity index is 2690. The number of hydrazine groups is 1. The Balaban J connectivity index is 1.21. The maximum atomic E-state index is 14.6. The van der Waals surface area contributed by atoms with Gasteiger partial charge >= 0.3 is 5.97 Å². The van der Waals surface area contributed by atoms with Gasteiger partial charge in [0.25, 0.3) is 5.91 Å². The summed E-state index contributed by atoms with van der Waals surface area (Å²) in [6.07, 6.45) is 3.78. The van der Waals surface area contributed by atoms with Crippen molar-refractivity contribution in [2.75, 3.05) is 71.2 Å². The van der Waals surface area contributed by atoms with Gasteiger partial charge in [-0.2, -0.15) is 0 Å². The Morgan fingerprint density at radius 3 is 2.51 bits per heavy atom. The highest BCUT2D eigenvalue weighted by Crippen LogP contribution is 2.43. The van der Waals surface area contributed by atoms with E-state index in [1.807, 2.05) is 18.5 Å². The van der Waals surface area contributed by atoms with Gasteiger partial charge in [0.2, 0.25) is 11.8 Å². The Morgan fingerprint density at radius 1 is 1.07 bits per heavy atom. The fourth-order valence-corrected chi connectivity index (χ4v) is 13.2. The third-order valence-corrected chi connectivity index (χ3v) is 17.4. The van der Waals surface area contributed by atoms with Gasteiger partial charge in [0.05, 0.1) is 52.4 Å². The molecule has 4 aliphatic rings. The molecule has 0 radical (unpaired) electrons. The van der Waals surface area contributed by atoms with Gasteiger partial charge in [-0.05, 0) is 82.7 Å². The Kier molecular flexibility index (Phi) is 14.9. The number of aromatic nitrogens is 3. The first-order valence-corrected chi connectivity index (χ1v) is 27.0. The van der Waals surface area contributed by atoms with Crippen molar-refractivity contribution in [2.24, 2.45) is 11.3 Å². The molecular weight excluding hydrogens is 919 g/mol. The number of thiazole rings is 1. The van der Waals surface area contributed by atoms with Crippen molar-refractivity contribution in [3.05, 3.63) is 52.1 Å². The number of piperazine rings is 1. The number of hydrogen-bond acceptors (Lipinski definition) is 14. The molecule has 2 N–H and O–H groups in total. The predicted molar refractivity (Wildman–Crippen MR) is 267 cm³/mol. The highest BCUT2D eigenvalue weighted by Gasteiger charge is 2.43. The molecule has 8 rings (SSSR count). The number of benzene rings is 1. The van der Waals surface area contributed by atoms with Crippen LogP contribution in [-0.2, 0) is 57.9 Å². The lowest BCUT2D eigenvalue weighted by molar-refractivity contribution is -0.155. The van der Waals surface area contributed by atoms with Crippen LogP contribution in [0.15, 0.2) is 35.8 Å². The minimum atomic E-state index is -3.64. The smallest absolute Gasteiger partial charge is 0.324 e. The molecule has 0 aliphatic carbocycles. The van der Waals surface area contributed by atoms with E-state index in [1.54, 1.807) is 21.0 Å². The number of ether oxygens (including phenoxy) is 2. The van der Waals surface area contributed by atoms with Crippen LogP contribution < -0.4 is 15.6 Å². The molecular formula is C50H69N9O8S2. The van der Waals surface area contributed by atoms with Crippen LogP contribution in [0.3, 0.4) is 0 Å². The average Bonchev–Trinajstić information content (AvgIpc) is 4.03. The molecule has 17 nitrogen and oxygen atoms in total. The number of cyclic esters (lactones) is 1. The molecule has 0 spiro atoms. The second kappa shape index (κ2) is 20.4. The molecule has 374 valence electrons. The molecule has 3 fully saturated rings. The van der Waals surface area contributed by atoms with Crippen LogP contribution in [0.5, 0.6) is 0 Å². The standard InChI is InChI=1S/C50H69N9O8S2/c1-10-58-40-16-15-32-23-34(40)36(45(58)35-24-33(27-51-43(35)31(4)66-9)57-20-18-55(7)19-21-57)26-50(5,6)29-67-49(63)37-13-11-17-59(54-37)47(61)38(25-42-52-39(32)28-68-42)53-46(60)44(30(2)3)56(8)48(62)41-14-12-22-69(41,64)65/h15-16,23-24,27-28,30-31,37-38,41,44,54H,10-14,17-22,25-26,29H2,1-9H3,(H,53,60)/t31-,37-,38-,41-,44?/m0/s1. The molecule has 1 unspecified atom stereocenters. The van der Waals surface area contributed by atoms with Crippen molar-refractivity contribution < 1.29 is 37.1 Å². The number of nitrogens with one attached hydrogen (secondary N) is 2. The molecule has 3 amide bonds. The van der Waals surface area contributed by atoms with E-state index in [9.17, 15) is 27.6 Å². The minimum Gasteiger partial charge on any atom is -0.464 e. The van der Waals surface area contributed by atoms with Crippen LogP contribution in [0.25, 0.3) is 33.4 Å². The van der Waals surface area contributed by atoms with Gasteiger partial charge in [0.15, 0.2) is 9.84 Å². The Labute approximate surface area is 410 Å². The number of esters is 1. The maximum Gasteiger partial charge on any atom is 0.324 e. The summed E-state index contributed by atoms with van der Waals surface area (Å²) in [6.45, 7) is 16.7. The van der Waals surface area contributed by atoms with Gasteiger partial charge in [-0.25, -0.2) is 18.8 Å². The number of methoxy groups -OCH3 is 1. The van der Waals surface area contributed by atoms with Crippen LogP contribution in [0.1, 0.15) is 89.6 Å². The molecule has 3 saturated heterocycles. The quantitative estimate of drug-likeness (QED) is 0.202. The number of anilines is 1. The van der Waals surface area contributed by atoms with E-state index in [0.717, 1.165) is 70.8 Å². The highest BCUT2D eigenvalue weighted by atomic mass is 32.2. The van der Waals surface area contributed by atoms with Crippen LogP contribution in [0.2, 0.25) is 0 Å². The van der Waals surface area contributed by atoms with Crippen molar-refractivity contribution in [3.63, 3.8) is 0 Å². The van der Waals surface area contributed by atoms with E-state index in [1.165, 1.54) is 28.3 Å². The Hall–Kier alpha value is -4.95. The highest BCUT2D eigenvalue weighted by molar-refractivity contribution is 7.93. The fraction of sp³-hybridized carbons (Fsp3) is 0.600. The number of likely N-dealkylation sites (N-methyl/N-ethyl adjacent to an activating group) is 2. The lowest BCUT2D eigenvalue weighted by Crippen LogP contribution is -2.62. The zero-order chi connectivity index (χ0) is 49.5. The van der Waals surface area contributed by atoms with E-state index in [2.05, 4.69) is 77.2 Å². The van der Waals surface area contributed by atoms with Gasteiger partial charge in [-0.1, -0.05) is 33.8 Å². The molecule has 4 aliphatic heterocycles. The minimum absolute atomic E-state index is 0.0250. The van der Waals surface area contributed by atoms with Crippen molar-refractivity contribution >= 4 is 61.5 Å². The van der Waals surface area contributed by atoms with Crippen molar-refractivity contribution in [1.29, 1.82) is 0 Å². The molecule has 1 aromatic carbocycles. The normalized spacial score (nSPS) is 23.1. The first kappa shape index (κ1) is 50.4. The lowest BCUT2D eigenvalue weighted by Gasteiger charge is -2.36. The number of fused-ring (bicyclic) bond motifs is 6. The number of amides is 3. The number of nitrogens with zero attached hydrogens (tertiary/aromatic N) is 7. The van der Waals surface area contributed by atoms with Crippen LogP contribution in [0.4, 0.5) is 5.69 Å². The summed E-state index contributed by atoms with van der Waals surface area (Å²) in [5.41, 5.74) is 10.2. The number of pyridine rings is 1. The van der Waals surface area contributed by atoms with E-state index in [0.29, 0.717) is 42.9 Å². The Morgan fingerprint density at radius 2 is 1.83 bits per heavy atom. The molecule has 7 heterocycles.